The third kappa shape index (κ3) is 1.69. The van der Waals surface area contributed by atoms with Crippen LogP contribution in [0.15, 0.2) is 22.6 Å². The van der Waals surface area contributed by atoms with Crippen LogP contribution in [-0.2, 0) is 0 Å². The van der Waals surface area contributed by atoms with Crippen molar-refractivity contribution in [3.63, 3.8) is 0 Å². The maximum absolute atomic E-state index is 11.8. The number of fused-ring (bicyclic) bond motifs is 1. The van der Waals surface area contributed by atoms with Crippen molar-refractivity contribution in [2.24, 2.45) is 0 Å². The summed E-state index contributed by atoms with van der Waals surface area (Å²) in [4.78, 5) is 4.14. The topological polar surface area (TPSA) is 35.3 Å². The Balaban J connectivity index is 2.31. The first kappa shape index (κ1) is 8.99. The average molecular weight is 195 g/mol. The SMILES string of the molecule is Cc1nc2ccc(OCCF)cc2o1. The van der Waals surface area contributed by atoms with Crippen LogP contribution in [0.4, 0.5) is 4.39 Å². The highest BCUT2D eigenvalue weighted by atomic mass is 19.1. The van der Waals surface area contributed by atoms with Gasteiger partial charge < -0.3 is 9.15 Å². The maximum atomic E-state index is 11.8. The van der Waals surface area contributed by atoms with Crippen LogP contribution in [0.25, 0.3) is 11.1 Å². The Labute approximate surface area is 80.5 Å². The molecule has 0 N–H and O–H groups in total. The van der Waals surface area contributed by atoms with E-state index in [9.17, 15) is 4.39 Å². The zero-order valence-corrected chi connectivity index (χ0v) is 7.79. The van der Waals surface area contributed by atoms with E-state index in [1.54, 1.807) is 25.1 Å². The number of hydrogen-bond acceptors (Lipinski definition) is 3. The molecule has 0 saturated heterocycles. The van der Waals surface area contributed by atoms with E-state index in [1.165, 1.54) is 0 Å². The fraction of sp³-hybridized carbons (Fsp3) is 0.300. The smallest absolute Gasteiger partial charge is 0.192 e. The molecule has 0 aliphatic rings. The summed E-state index contributed by atoms with van der Waals surface area (Å²) in [6.07, 6.45) is 0. The molecule has 0 radical (unpaired) electrons. The van der Waals surface area contributed by atoms with E-state index in [0.29, 0.717) is 17.2 Å². The van der Waals surface area contributed by atoms with E-state index in [-0.39, 0.29) is 6.61 Å². The number of oxazole rings is 1. The van der Waals surface area contributed by atoms with Crippen LogP contribution in [0.3, 0.4) is 0 Å². The number of hydrogen-bond donors (Lipinski definition) is 0. The molecule has 0 aliphatic heterocycles. The maximum Gasteiger partial charge on any atom is 0.192 e. The van der Waals surface area contributed by atoms with Gasteiger partial charge in [-0.2, -0.15) is 0 Å². The van der Waals surface area contributed by atoms with Crippen LogP contribution < -0.4 is 4.74 Å². The number of nitrogens with zero attached hydrogens (tertiary/aromatic N) is 1. The fourth-order valence-corrected chi connectivity index (χ4v) is 1.27. The van der Waals surface area contributed by atoms with Crippen LogP contribution in [0.2, 0.25) is 0 Å². The van der Waals surface area contributed by atoms with Gasteiger partial charge in [-0.05, 0) is 12.1 Å². The molecule has 0 saturated carbocycles. The second-order valence-electron chi connectivity index (χ2n) is 2.90. The molecule has 1 heterocycles. The minimum Gasteiger partial charge on any atom is -0.491 e. The molecule has 0 amide bonds. The summed E-state index contributed by atoms with van der Waals surface area (Å²) in [6, 6.07) is 5.25. The van der Waals surface area contributed by atoms with Gasteiger partial charge in [-0.15, -0.1) is 0 Å². The molecule has 0 spiro atoms. The first-order valence-electron chi connectivity index (χ1n) is 4.35. The van der Waals surface area contributed by atoms with Gasteiger partial charge in [-0.3, -0.25) is 0 Å². The Hall–Kier alpha value is -1.58. The summed E-state index contributed by atoms with van der Waals surface area (Å²) in [6.45, 7) is 1.36. The number of benzene rings is 1. The Morgan fingerprint density at radius 1 is 1.50 bits per heavy atom. The second-order valence-corrected chi connectivity index (χ2v) is 2.90. The lowest BCUT2D eigenvalue weighted by Gasteiger charge is -2.01. The quantitative estimate of drug-likeness (QED) is 0.754. The van der Waals surface area contributed by atoms with E-state index in [1.807, 2.05) is 0 Å². The number of ether oxygens (including phenoxy) is 1. The van der Waals surface area contributed by atoms with Crippen molar-refractivity contribution in [1.82, 2.24) is 4.98 Å². The largest absolute Gasteiger partial charge is 0.491 e. The van der Waals surface area contributed by atoms with Crippen molar-refractivity contribution in [3.05, 3.63) is 24.1 Å². The summed E-state index contributed by atoms with van der Waals surface area (Å²) < 4.78 is 22.2. The number of alkyl halides is 1. The van der Waals surface area contributed by atoms with Gasteiger partial charge in [0.2, 0.25) is 0 Å². The summed E-state index contributed by atoms with van der Waals surface area (Å²) in [5.41, 5.74) is 1.45. The van der Waals surface area contributed by atoms with Crippen molar-refractivity contribution in [3.8, 4) is 5.75 Å². The summed E-state index contributed by atoms with van der Waals surface area (Å²) >= 11 is 0. The Morgan fingerprint density at radius 3 is 3.14 bits per heavy atom. The average Bonchev–Trinajstić information content (AvgIpc) is 2.54. The minimum absolute atomic E-state index is 0.0681. The zero-order chi connectivity index (χ0) is 9.97. The van der Waals surface area contributed by atoms with Gasteiger partial charge in [-0.25, -0.2) is 9.37 Å². The van der Waals surface area contributed by atoms with Gasteiger partial charge in [0.15, 0.2) is 11.5 Å². The zero-order valence-electron chi connectivity index (χ0n) is 7.79. The molecule has 0 fully saturated rings. The molecule has 74 valence electrons. The highest BCUT2D eigenvalue weighted by Crippen LogP contribution is 2.21. The Morgan fingerprint density at radius 2 is 2.36 bits per heavy atom. The molecular formula is C10H10FNO2. The van der Waals surface area contributed by atoms with E-state index < -0.39 is 6.67 Å². The van der Waals surface area contributed by atoms with Gasteiger partial charge in [0, 0.05) is 13.0 Å². The molecule has 0 bridgehead atoms. The first-order valence-corrected chi connectivity index (χ1v) is 4.35. The predicted molar refractivity (Wildman–Crippen MR) is 50.2 cm³/mol. The second kappa shape index (κ2) is 3.65. The van der Waals surface area contributed by atoms with Crippen LogP contribution in [0.5, 0.6) is 5.75 Å². The van der Waals surface area contributed by atoms with Crippen LogP contribution in [0, 0.1) is 6.92 Å². The predicted octanol–water partition coefficient (Wildman–Crippen LogP) is 2.48. The van der Waals surface area contributed by atoms with Crippen molar-refractivity contribution in [2.75, 3.05) is 13.3 Å². The lowest BCUT2D eigenvalue weighted by Crippen LogP contribution is -1.97. The number of rotatable bonds is 3. The van der Waals surface area contributed by atoms with Gasteiger partial charge >= 0.3 is 0 Å². The van der Waals surface area contributed by atoms with Crippen LogP contribution in [-0.4, -0.2) is 18.3 Å². The molecule has 0 aliphatic carbocycles. The normalized spacial score (nSPS) is 10.7. The summed E-state index contributed by atoms with van der Waals surface area (Å²) in [5.74, 6) is 1.22. The molecule has 2 aromatic rings. The summed E-state index contributed by atoms with van der Waals surface area (Å²) in [5, 5.41) is 0. The lowest BCUT2D eigenvalue weighted by atomic mass is 10.3. The minimum atomic E-state index is -0.493. The van der Waals surface area contributed by atoms with Crippen molar-refractivity contribution < 1.29 is 13.5 Å². The fourth-order valence-electron chi connectivity index (χ4n) is 1.27. The van der Waals surface area contributed by atoms with Gasteiger partial charge in [0.1, 0.15) is 24.5 Å². The van der Waals surface area contributed by atoms with Crippen molar-refractivity contribution >= 4 is 11.1 Å². The monoisotopic (exact) mass is 195 g/mol. The van der Waals surface area contributed by atoms with E-state index in [2.05, 4.69) is 4.98 Å². The standard InChI is InChI=1S/C10H10FNO2/c1-7-12-9-3-2-8(13-5-4-11)6-10(9)14-7/h2-3,6H,4-5H2,1H3. The van der Waals surface area contributed by atoms with Gasteiger partial charge in [-0.1, -0.05) is 0 Å². The summed E-state index contributed by atoms with van der Waals surface area (Å²) in [7, 11) is 0. The highest BCUT2D eigenvalue weighted by Gasteiger charge is 2.03. The Bertz CT molecular complexity index is 439. The molecule has 3 nitrogen and oxygen atoms in total. The van der Waals surface area contributed by atoms with Crippen molar-refractivity contribution in [2.45, 2.75) is 6.92 Å². The molecular weight excluding hydrogens is 185 g/mol. The molecule has 1 aromatic heterocycles. The van der Waals surface area contributed by atoms with E-state index in [0.717, 1.165) is 5.52 Å². The molecule has 4 heteroatoms. The van der Waals surface area contributed by atoms with Crippen LogP contribution in [0.1, 0.15) is 5.89 Å². The number of aromatic nitrogens is 1. The van der Waals surface area contributed by atoms with Gasteiger partial charge in [0.25, 0.3) is 0 Å². The highest BCUT2D eigenvalue weighted by molar-refractivity contribution is 5.74. The van der Waals surface area contributed by atoms with Crippen LogP contribution >= 0.6 is 0 Å². The third-order valence-electron chi connectivity index (χ3n) is 1.81. The number of aryl methyl sites for hydroxylation is 1. The molecule has 0 atom stereocenters. The van der Waals surface area contributed by atoms with E-state index >= 15 is 0 Å². The first-order chi connectivity index (χ1) is 6.79. The lowest BCUT2D eigenvalue weighted by molar-refractivity contribution is 0.273. The molecule has 2 rings (SSSR count). The molecule has 0 unspecified atom stereocenters. The van der Waals surface area contributed by atoms with Crippen molar-refractivity contribution in [1.29, 1.82) is 0 Å². The van der Waals surface area contributed by atoms with Gasteiger partial charge in [0.05, 0.1) is 0 Å². The molecule has 1 aromatic carbocycles. The Kier molecular flexibility index (Phi) is 2.35. The molecule has 14 heavy (non-hydrogen) atoms. The third-order valence-corrected chi connectivity index (χ3v) is 1.81. The van der Waals surface area contributed by atoms with E-state index in [4.69, 9.17) is 9.15 Å². The number of halogens is 1.